The number of sulfonamides is 1. The summed E-state index contributed by atoms with van der Waals surface area (Å²) >= 11 is 0. The highest BCUT2D eigenvalue weighted by Gasteiger charge is 2.47. The van der Waals surface area contributed by atoms with Crippen molar-refractivity contribution in [1.82, 2.24) is 4.72 Å². The second-order valence-corrected chi connectivity index (χ2v) is 9.06. The van der Waals surface area contributed by atoms with Crippen LogP contribution in [0.2, 0.25) is 0 Å². The number of hydrogen-bond donors (Lipinski definition) is 1. The molecule has 5 nitrogen and oxygen atoms in total. The van der Waals surface area contributed by atoms with Crippen LogP contribution < -0.4 is 9.46 Å². The summed E-state index contributed by atoms with van der Waals surface area (Å²) in [6, 6.07) is 9.11. The molecule has 1 unspecified atom stereocenters. The molecule has 0 aromatic heterocycles. The zero-order chi connectivity index (χ0) is 17.3. The van der Waals surface area contributed by atoms with Crippen molar-refractivity contribution < 1.29 is 13.2 Å². The summed E-state index contributed by atoms with van der Waals surface area (Å²) < 4.78 is 33.3. The molecule has 0 amide bonds. The summed E-state index contributed by atoms with van der Waals surface area (Å²) in [4.78, 5) is 0. The van der Waals surface area contributed by atoms with Crippen LogP contribution in [-0.2, 0) is 10.0 Å². The van der Waals surface area contributed by atoms with Crippen molar-refractivity contribution in [3.05, 3.63) is 29.8 Å². The number of rotatable bonds is 6. The lowest BCUT2D eigenvalue weighted by atomic mass is 9.83. The van der Waals surface area contributed by atoms with Gasteiger partial charge in [0.25, 0.3) is 0 Å². The van der Waals surface area contributed by atoms with E-state index in [-0.39, 0.29) is 11.2 Å². The van der Waals surface area contributed by atoms with Gasteiger partial charge in [-0.2, -0.15) is 5.26 Å². The highest BCUT2D eigenvalue weighted by molar-refractivity contribution is 7.89. The summed E-state index contributed by atoms with van der Waals surface area (Å²) in [7, 11) is -2.00. The van der Waals surface area contributed by atoms with E-state index in [9.17, 15) is 8.42 Å². The molecule has 0 saturated heterocycles. The third kappa shape index (κ3) is 4.24. The van der Waals surface area contributed by atoms with Crippen molar-refractivity contribution in [2.45, 2.75) is 39.7 Å². The van der Waals surface area contributed by atoms with Crippen molar-refractivity contribution in [1.29, 1.82) is 5.26 Å². The predicted molar refractivity (Wildman–Crippen MR) is 89.4 cm³/mol. The largest absolute Gasteiger partial charge is 0.496 e. The van der Waals surface area contributed by atoms with Gasteiger partial charge in [-0.05, 0) is 24.3 Å². The molecule has 1 aromatic rings. The quantitative estimate of drug-likeness (QED) is 0.866. The molecule has 126 valence electrons. The Morgan fingerprint density at radius 3 is 2.43 bits per heavy atom. The number of para-hydroxylation sites is 1. The molecule has 23 heavy (non-hydrogen) atoms. The van der Waals surface area contributed by atoms with E-state index in [2.05, 4.69) is 10.8 Å². The monoisotopic (exact) mass is 336 g/mol. The Bertz CT molecular complexity index is 710. The van der Waals surface area contributed by atoms with Crippen molar-refractivity contribution in [3.63, 3.8) is 0 Å². The Morgan fingerprint density at radius 1 is 1.35 bits per heavy atom. The molecular weight excluding hydrogens is 312 g/mol. The lowest BCUT2D eigenvalue weighted by molar-refractivity contribution is 0.293. The number of hydrogen-bond acceptors (Lipinski definition) is 4. The van der Waals surface area contributed by atoms with Gasteiger partial charge in [-0.25, -0.2) is 13.1 Å². The Hall–Kier alpha value is -1.58. The summed E-state index contributed by atoms with van der Waals surface area (Å²) in [5.41, 5.74) is -0.243. The second-order valence-electron chi connectivity index (χ2n) is 7.31. The minimum absolute atomic E-state index is 0.141. The molecule has 0 radical (unpaired) electrons. The van der Waals surface area contributed by atoms with Gasteiger partial charge in [0.2, 0.25) is 10.0 Å². The van der Waals surface area contributed by atoms with Gasteiger partial charge < -0.3 is 4.74 Å². The maximum Gasteiger partial charge on any atom is 0.213 e. The van der Waals surface area contributed by atoms with Gasteiger partial charge in [-0.15, -0.1) is 0 Å². The van der Waals surface area contributed by atoms with Gasteiger partial charge in [0.05, 0.1) is 30.4 Å². The molecule has 1 fully saturated rings. The van der Waals surface area contributed by atoms with Crippen LogP contribution >= 0.6 is 0 Å². The summed E-state index contributed by atoms with van der Waals surface area (Å²) in [6.45, 7) is 5.93. The second kappa shape index (κ2) is 6.14. The van der Waals surface area contributed by atoms with E-state index < -0.39 is 21.5 Å². The first-order chi connectivity index (χ1) is 10.6. The fourth-order valence-electron chi connectivity index (χ4n) is 2.64. The van der Waals surface area contributed by atoms with Gasteiger partial charge in [0, 0.05) is 5.56 Å². The molecule has 0 heterocycles. The number of benzene rings is 1. The Balaban J connectivity index is 2.32. The molecule has 6 heteroatoms. The number of nitriles is 1. The minimum atomic E-state index is -3.57. The Labute approximate surface area is 138 Å². The van der Waals surface area contributed by atoms with Crippen molar-refractivity contribution in [2.24, 2.45) is 10.8 Å². The Kier molecular flexibility index (Phi) is 4.74. The maximum absolute atomic E-state index is 12.6. The fourth-order valence-corrected chi connectivity index (χ4v) is 4.64. The molecule has 2 rings (SSSR count). The van der Waals surface area contributed by atoms with Crippen LogP contribution in [0.5, 0.6) is 5.75 Å². The van der Waals surface area contributed by atoms with E-state index in [1.54, 1.807) is 7.11 Å². The van der Waals surface area contributed by atoms with E-state index in [0.29, 0.717) is 18.6 Å². The third-order valence-electron chi connectivity index (χ3n) is 4.17. The van der Waals surface area contributed by atoms with E-state index in [0.717, 1.165) is 5.56 Å². The first kappa shape index (κ1) is 17.8. The molecule has 1 atom stereocenters. The molecule has 0 aliphatic heterocycles. The van der Waals surface area contributed by atoms with Gasteiger partial charge in [-0.3, -0.25) is 0 Å². The van der Waals surface area contributed by atoms with Gasteiger partial charge >= 0.3 is 0 Å². The van der Waals surface area contributed by atoms with Crippen LogP contribution in [0.3, 0.4) is 0 Å². The zero-order valence-electron chi connectivity index (χ0n) is 14.1. The van der Waals surface area contributed by atoms with Crippen molar-refractivity contribution >= 4 is 10.0 Å². The predicted octanol–water partition coefficient (Wildman–Crippen LogP) is 3.01. The summed E-state index contributed by atoms with van der Waals surface area (Å²) in [5, 5.41) is 9.15. The lowest BCUT2D eigenvalue weighted by Gasteiger charge is -2.32. The van der Waals surface area contributed by atoms with E-state index in [1.807, 2.05) is 45.0 Å². The van der Waals surface area contributed by atoms with Crippen LogP contribution in [0.4, 0.5) is 0 Å². The van der Waals surface area contributed by atoms with Crippen molar-refractivity contribution in [2.75, 3.05) is 12.9 Å². The highest BCUT2D eigenvalue weighted by atomic mass is 32.2. The average molecular weight is 336 g/mol. The first-order valence-corrected chi connectivity index (χ1v) is 9.32. The normalized spacial score (nSPS) is 18.0. The Morgan fingerprint density at radius 2 is 1.96 bits per heavy atom. The van der Waals surface area contributed by atoms with E-state index in [1.165, 1.54) is 0 Å². The van der Waals surface area contributed by atoms with Gasteiger partial charge in [0.1, 0.15) is 5.75 Å². The summed E-state index contributed by atoms with van der Waals surface area (Å²) in [6.07, 6.45) is 1.30. The number of ether oxygens (including phenoxy) is 1. The molecule has 1 saturated carbocycles. The lowest BCUT2D eigenvalue weighted by Crippen LogP contribution is -2.39. The van der Waals surface area contributed by atoms with Crippen molar-refractivity contribution in [3.8, 4) is 11.8 Å². The number of nitrogens with one attached hydrogen (secondary N) is 1. The molecular formula is C17H24N2O3S. The highest BCUT2D eigenvalue weighted by Crippen LogP contribution is 2.46. The maximum atomic E-state index is 12.6. The zero-order valence-corrected chi connectivity index (χ0v) is 14.9. The van der Waals surface area contributed by atoms with Crippen LogP contribution in [0.1, 0.15) is 45.2 Å². The minimum Gasteiger partial charge on any atom is -0.496 e. The van der Waals surface area contributed by atoms with E-state index >= 15 is 0 Å². The molecule has 0 bridgehead atoms. The van der Waals surface area contributed by atoms with Crippen LogP contribution in [0.25, 0.3) is 0 Å². The number of methoxy groups -OCH3 is 1. The SMILES string of the molecule is COc1ccccc1C(NS(=O)(=O)CC1(C#N)CC1)C(C)(C)C. The van der Waals surface area contributed by atoms with Crippen LogP contribution in [0, 0.1) is 22.2 Å². The molecule has 1 aromatic carbocycles. The smallest absolute Gasteiger partial charge is 0.213 e. The third-order valence-corrected chi connectivity index (χ3v) is 5.70. The first-order valence-electron chi connectivity index (χ1n) is 7.67. The molecule has 1 aliphatic carbocycles. The molecule has 1 aliphatic rings. The van der Waals surface area contributed by atoms with E-state index in [4.69, 9.17) is 10.00 Å². The van der Waals surface area contributed by atoms with Crippen LogP contribution in [-0.4, -0.2) is 21.3 Å². The summed E-state index contributed by atoms with van der Waals surface area (Å²) in [5.74, 6) is 0.509. The number of nitrogens with zero attached hydrogens (tertiary/aromatic N) is 1. The standard InChI is InChI=1S/C17H24N2O3S/c1-16(2,3)15(13-7-5-6-8-14(13)22-4)19-23(20,21)12-17(11-18)9-10-17/h5-8,15,19H,9-10,12H2,1-4H3. The topological polar surface area (TPSA) is 79.2 Å². The van der Waals surface area contributed by atoms with Gasteiger partial charge in [-0.1, -0.05) is 39.0 Å². The van der Waals surface area contributed by atoms with Gasteiger partial charge in [0.15, 0.2) is 0 Å². The fraction of sp³-hybridized carbons (Fsp3) is 0.588. The average Bonchev–Trinajstić information content (AvgIpc) is 3.23. The molecule has 0 spiro atoms. The van der Waals surface area contributed by atoms with Crippen LogP contribution in [0.15, 0.2) is 24.3 Å². The molecule has 1 N–H and O–H groups in total.